The Morgan fingerprint density at radius 2 is 2.39 bits per heavy atom. The number of hydrogen-bond acceptors (Lipinski definition) is 4. The fourth-order valence-corrected chi connectivity index (χ4v) is 1.71. The van der Waals surface area contributed by atoms with Crippen LogP contribution < -0.4 is 0 Å². The molecular formula is C12H15N5S. The van der Waals surface area contributed by atoms with Gasteiger partial charge in [-0.3, -0.25) is 10.1 Å². The van der Waals surface area contributed by atoms with Crippen molar-refractivity contribution in [3.05, 3.63) is 40.7 Å². The zero-order valence-corrected chi connectivity index (χ0v) is 11.0. The molecule has 0 aliphatic heterocycles. The van der Waals surface area contributed by atoms with Crippen LogP contribution in [-0.4, -0.2) is 26.1 Å². The van der Waals surface area contributed by atoms with Gasteiger partial charge >= 0.3 is 0 Å². The Bertz CT molecular complexity index is 570. The summed E-state index contributed by atoms with van der Waals surface area (Å²) in [6, 6.07) is 5.67. The molecule has 5 nitrogen and oxygen atoms in total. The summed E-state index contributed by atoms with van der Waals surface area (Å²) in [4.78, 5) is 4.17. The summed E-state index contributed by atoms with van der Waals surface area (Å²) < 4.78 is 2.16. The Morgan fingerprint density at radius 3 is 3.11 bits per heavy atom. The lowest BCUT2D eigenvalue weighted by Gasteiger charge is -1.98. The van der Waals surface area contributed by atoms with Gasteiger partial charge in [-0.15, -0.1) is 0 Å². The van der Waals surface area contributed by atoms with Crippen molar-refractivity contribution in [2.24, 2.45) is 5.10 Å². The summed E-state index contributed by atoms with van der Waals surface area (Å²) in [7, 11) is 0. The molecule has 0 unspecified atom stereocenters. The lowest BCUT2D eigenvalue weighted by atomic mass is 10.2. The van der Waals surface area contributed by atoms with Gasteiger partial charge in [-0.2, -0.15) is 14.9 Å². The fourth-order valence-electron chi connectivity index (χ4n) is 1.51. The number of aromatic nitrogens is 4. The van der Waals surface area contributed by atoms with Crippen molar-refractivity contribution >= 4 is 18.4 Å². The van der Waals surface area contributed by atoms with Gasteiger partial charge in [-0.1, -0.05) is 19.4 Å². The van der Waals surface area contributed by atoms with Gasteiger partial charge < -0.3 is 0 Å². The van der Waals surface area contributed by atoms with Crippen molar-refractivity contribution in [3.63, 3.8) is 0 Å². The first-order valence-electron chi connectivity index (χ1n) is 5.93. The summed E-state index contributed by atoms with van der Waals surface area (Å²) in [5.41, 5.74) is 0.794. The second kappa shape index (κ2) is 6.20. The Labute approximate surface area is 111 Å². The molecular weight excluding hydrogens is 246 g/mol. The van der Waals surface area contributed by atoms with E-state index < -0.39 is 0 Å². The van der Waals surface area contributed by atoms with E-state index in [1.54, 1.807) is 17.1 Å². The van der Waals surface area contributed by atoms with Crippen molar-refractivity contribution in [2.75, 3.05) is 0 Å². The molecule has 0 fully saturated rings. The summed E-state index contributed by atoms with van der Waals surface area (Å²) >= 11 is 5.15. The monoisotopic (exact) mass is 261 g/mol. The predicted molar refractivity (Wildman–Crippen MR) is 73.3 cm³/mol. The summed E-state index contributed by atoms with van der Waals surface area (Å²) in [6.45, 7) is 2.14. The van der Waals surface area contributed by atoms with Crippen molar-refractivity contribution in [1.82, 2.24) is 19.9 Å². The molecule has 94 valence electrons. The number of aryl methyl sites for hydroxylation is 1. The smallest absolute Gasteiger partial charge is 0.216 e. The summed E-state index contributed by atoms with van der Waals surface area (Å²) in [5.74, 6) is 0.856. The minimum Gasteiger partial charge on any atom is -0.255 e. The van der Waals surface area contributed by atoms with Crippen LogP contribution in [0.1, 0.15) is 31.3 Å². The molecule has 0 spiro atoms. The summed E-state index contributed by atoms with van der Waals surface area (Å²) in [6.07, 6.45) is 6.46. The van der Waals surface area contributed by atoms with Crippen LogP contribution in [0.3, 0.4) is 0 Å². The van der Waals surface area contributed by atoms with E-state index in [2.05, 4.69) is 27.2 Å². The number of rotatable bonds is 5. The van der Waals surface area contributed by atoms with Gasteiger partial charge in [0, 0.05) is 12.6 Å². The quantitative estimate of drug-likeness (QED) is 0.664. The van der Waals surface area contributed by atoms with Crippen LogP contribution >= 0.6 is 12.2 Å². The highest BCUT2D eigenvalue weighted by molar-refractivity contribution is 7.71. The molecule has 2 aromatic heterocycles. The van der Waals surface area contributed by atoms with E-state index in [9.17, 15) is 0 Å². The predicted octanol–water partition coefficient (Wildman–Crippen LogP) is 2.56. The number of nitrogens with zero attached hydrogens (tertiary/aromatic N) is 4. The lowest BCUT2D eigenvalue weighted by Crippen LogP contribution is -1.99. The Morgan fingerprint density at radius 1 is 1.50 bits per heavy atom. The first-order valence-corrected chi connectivity index (χ1v) is 6.33. The van der Waals surface area contributed by atoms with Gasteiger partial charge in [0.2, 0.25) is 4.77 Å². The molecule has 0 aliphatic rings. The van der Waals surface area contributed by atoms with E-state index in [4.69, 9.17) is 12.2 Å². The zero-order valence-electron chi connectivity index (χ0n) is 10.2. The highest BCUT2D eigenvalue weighted by Crippen LogP contribution is 2.03. The maximum atomic E-state index is 5.15. The van der Waals surface area contributed by atoms with Gasteiger partial charge in [0.1, 0.15) is 0 Å². The van der Waals surface area contributed by atoms with Crippen LogP contribution in [0, 0.1) is 4.77 Å². The molecule has 2 heterocycles. The van der Waals surface area contributed by atoms with Gasteiger partial charge in [-0.25, -0.2) is 0 Å². The minimum absolute atomic E-state index is 0.508. The maximum absolute atomic E-state index is 5.15. The van der Waals surface area contributed by atoms with Crippen molar-refractivity contribution in [3.8, 4) is 0 Å². The van der Waals surface area contributed by atoms with Gasteiger partial charge in [-0.05, 0) is 30.8 Å². The minimum atomic E-state index is 0.508. The number of H-pyrrole nitrogens is 1. The van der Waals surface area contributed by atoms with Crippen LogP contribution in [-0.2, 0) is 6.42 Å². The number of nitrogens with one attached hydrogen (secondary N) is 1. The largest absolute Gasteiger partial charge is 0.255 e. The third-order valence-electron chi connectivity index (χ3n) is 2.46. The van der Waals surface area contributed by atoms with Crippen LogP contribution in [0.25, 0.3) is 0 Å². The highest BCUT2D eigenvalue weighted by atomic mass is 32.1. The zero-order chi connectivity index (χ0) is 12.8. The van der Waals surface area contributed by atoms with E-state index in [0.717, 1.165) is 30.8 Å². The Hall–Kier alpha value is -1.82. The van der Waals surface area contributed by atoms with E-state index in [-0.39, 0.29) is 0 Å². The van der Waals surface area contributed by atoms with E-state index >= 15 is 0 Å². The Balaban J connectivity index is 2.20. The topological polar surface area (TPSA) is 58.9 Å². The third-order valence-corrected chi connectivity index (χ3v) is 2.73. The van der Waals surface area contributed by atoms with Gasteiger partial charge in [0.05, 0.1) is 11.9 Å². The lowest BCUT2D eigenvalue weighted by molar-refractivity contribution is 0.700. The van der Waals surface area contributed by atoms with Crippen LogP contribution in [0.5, 0.6) is 0 Å². The first-order chi connectivity index (χ1) is 8.81. The normalized spacial score (nSPS) is 11.2. The molecule has 0 aliphatic carbocycles. The molecule has 0 saturated heterocycles. The molecule has 18 heavy (non-hydrogen) atoms. The van der Waals surface area contributed by atoms with Crippen molar-refractivity contribution < 1.29 is 0 Å². The molecule has 0 atom stereocenters. The molecule has 0 amide bonds. The molecule has 6 heteroatoms. The standard InChI is InChI=1S/C12H15N5S/c1-2-3-7-11-15-16-12(18)17(11)14-9-10-6-4-5-8-13-10/h4-6,8-9H,2-3,7H2,1H3,(H,16,18)/b14-9-. The van der Waals surface area contributed by atoms with Crippen LogP contribution in [0.15, 0.2) is 29.5 Å². The van der Waals surface area contributed by atoms with E-state index in [0.29, 0.717) is 4.77 Å². The van der Waals surface area contributed by atoms with Crippen LogP contribution in [0.2, 0.25) is 0 Å². The maximum Gasteiger partial charge on any atom is 0.216 e. The summed E-state index contributed by atoms with van der Waals surface area (Å²) in [5, 5.41) is 11.3. The SMILES string of the molecule is CCCCc1n[nH]c(=S)n1/N=C\c1ccccn1. The van der Waals surface area contributed by atoms with Gasteiger partial charge in [0.15, 0.2) is 5.82 Å². The molecule has 2 rings (SSSR count). The van der Waals surface area contributed by atoms with E-state index in [1.807, 2.05) is 18.2 Å². The van der Waals surface area contributed by atoms with Crippen molar-refractivity contribution in [1.29, 1.82) is 0 Å². The second-order valence-corrected chi connectivity index (χ2v) is 4.25. The highest BCUT2D eigenvalue weighted by Gasteiger charge is 2.03. The first kappa shape index (κ1) is 12.6. The third kappa shape index (κ3) is 3.10. The number of pyridine rings is 1. The number of aromatic amines is 1. The molecule has 1 N–H and O–H groups in total. The second-order valence-electron chi connectivity index (χ2n) is 3.86. The molecule has 0 radical (unpaired) electrons. The number of hydrogen-bond donors (Lipinski definition) is 1. The molecule has 0 saturated carbocycles. The molecule has 0 aromatic carbocycles. The van der Waals surface area contributed by atoms with E-state index in [1.165, 1.54) is 0 Å². The Kier molecular flexibility index (Phi) is 4.35. The number of unbranched alkanes of at least 4 members (excludes halogenated alkanes) is 1. The average molecular weight is 261 g/mol. The van der Waals surface area contributed by atoms with Gasteiger partial charge in [0.25, 0.3) is 0 Å². The average Bonchev–Trinajstić information content (AvgIpc) is 2.76. The molecule has 0 bridgehead atoms. The van der Waals surface area contributed by atoms with Crippen molar-refractivity contribution in [2.45, 2.75) is 26.2 Å². The fraction of sp³-hybridized carbons (Fsp3) is 0.333. The van der Waals surface area contributed by atoms with Crippen LogP contribution in [0.4, 0.5) is 0 Å². The molecule has 2 aromatic rings.